The highest BCUT2D eigenvalue weighted by Gasteiger charge is 2.25. The normalized spacial score (nSPS) is 27.2. The van der Waals surface area contributed by atoms with E-state index in [-0.39, 0.29) is 0 Å². The monoisotopic (exact) mass is 211 g/mol. The second-order valence-electron chi connectivity index (χ2n) is 5.24. The van der Waals surface area contributed by atoms with Gasteiger partial charge in [-0.05, 0) is 44.6 Å². The molecule has 0 amide bonds. The molecule has 1 heteroatoms. The molecule has 15 heavy (non-hydrogen) atoms. The van der Waals surface area contributed by atoms with Crippen molar-refractivity contribution in [2.45, 2.75) is 71.3 Å². The topological polar surface area (TPSA) is 12.0 Å². The summed E-state index contributed by atoms with van der Waals surface area (Å²) >= 11 is 0. The number of rotatable bonds is 6. The average molecular weight is 211 g/mol. The Morgan fingerprint density at radius 1 is 1.00 bits per heavy atom. The highest BCUT2D eigenvalue weighted by Crippen LogP contribution is 2.34. The van der Waals surface area contributed by atoms with Crippen molar-refractivity contribution in [1.82, 2.24) is 5.32 Å². The molecule has 1 aliphatic carbocycles. The number of hydrogen-bond donors (Lipinski definition) is 1. The van der Waals surface area contributed by atoms with Crippen molar-refractivity contribution in [1.29, 1.82) is 0 Å². The van der Waals surface area contributed by atoms with Gasteiger partial charge in [0.1, 0.15) is 0 Å². The lowest BCUT2D eigenvalue weighted by Gasteiger charge is -2.33. The second kappa shape index (κ2) is 7.27. The molecule has 0 aromatic carbocycles. The van der Waals surface area contributed by atoms with E-state index in [1.165, 1.54) is 51.4 Å². The molecule has 0 spiro atoms. The predicted octanol–water partition coefficient (Wildman–Crippen LogP) is 3.98. The van der Waals surface area contributed by atoms with Crippen LogP contribution in [-0.4, -0.2) is 13.1 Å². The maximum atomic E-state index is 3.43. The van der Waals surface area contributed by atoms with Crippen LogP contribution in [0.1, 0.15) is 65.2 Å². The quantitative estimate of drug-likeness (QED) is 0.700. The van der Waals surface area contributed by atoms with Crippen LogP contribution in [0.25, 0.3) is 0 Å². The molecule has 0 heterocycles. The van der Waals surface area contributed by atoms with Gasteiger partial charge in [0.05, 0.1) is 0 Å². The molecule has 0 aromatic rings. The molecule has 0 aromatic heterocycles. The molecule has 1 N–H and O–H groups in total. The van der Waals surface area contributed by atoms with Gasteiger partial charge in [-0.3, -0.25) is 0 Å². The van der Waals surface area contributed by atoms with Crippen molar-refractivity contribution in [3.05, 3.63) is 0 Å². The van der Waals surface area contributed by atoms with E-state index in [1.54, 1.807) is 0 Å². The Bertz CT molecular complexity index is 141. The number of nitrogens with one attached hydrogen (secondary N) is 1. The molecule has 0 aliphatic heterocycles. The molecule has 0 atom stereocenters. The summed E-state index contributed by atoms with van der Waals surface area (Å²) in [6, 6.07) is 0.810. The van der Waals surface area contributed by atoms with Crippen LogP contribution >= 0.6 is 0 Å². The molecular formula is C14H29N. The molecular weight excluding hydrogens is 182 g/mol. The predicted molar refractivity (Wildman–Crippen MR) is 68.1 cm³/mol. The molecule has 0 radical (unpaired) electrons. The van der Waals surface area contributed by atoms with Crippen molar-refractivity contribution in [2.75, 3.05) is 7.05 Å². The molecule has 1 aliphatic rings. The fourth-order valence-electron chi connectivity index (χ4n) is 3.24. The van der Waals surface area contributed by atoms with Gasteiger partial charge in [0.2, 0.25) is 0 Å². The van der Waals surface area contributed by atoms with Crippen LogP contribution in [0, 0.1) is 11.8 Å². The van der Waals surface area contributed by atoms with Gasteiger partial charge in [0, 0.05) is 6.04 Å². The standard InChI is InChI=1S/C14H29N/c1-4-6-12(7-5-2)13-8-10-14(15-3)11-9-13/h12-15H,4-11H2,1-3H3. The minimum absolute atomic E-state index is 0.810. The average Bonchev–Trinajstić information content (AvgIpc) is 2.29. The van der Waals surface area contributed by atoms with Gasteiger partial charge in [-0.2, -0.15) is 0 Å². The van der Waals surface area contributed by atoms with Crippen molar-refractivity contribution in [2.24, 2.45) is 11.8 Å². The Labute approximate surface area is 96.0 Å². The van der Waals surface area contributed by atoms with E-state index >= 15 is 0 Å². The first-order valence-electron chi connectivity index (χ1n) is 6.99. The van der Waals surface area contributed by atoms with Gasteiger partial charge in [-0.1, -0.05) is 39.5 Å². The van der Waals surface area contributed by atoms with Crippen LogP contribution in [0.4, 0.5) is 0 Å². The van der Waals surface area contributed by atoms with E-state index in [4.69, 9.17) is 0 Å². The summed E-state index contributed by atoms with van der Waals surface area (Å²) in [5.74, 6) is 2.06. The minimum Gasteiger partial charge on any atom is -0.317 e. The first-order valence-corrected chi connectivity index (χ1v) is 6.99. The van der Waals surface area contributed by atoms with Crippen LogP contribution in [-0.2, 0) is 0 Å². The van der Waals surface area contributed by atoms with Crippen molar-refractivity contribution in [3.8, 4) is 0 Å². The fourth-order valence-corrected chi connectivity index (χ4v) is 3.24. The third kappa shape index (κ3) is 4.14. The Morgan fingerprint density at radius 2 is 1.53 bits per heavy atom. The van der Waals surface area contributed by atoms with E-state index in [1.807, 2.05) is 0 Å². The second-order valence-corrected chi connectivity index (χ2v) is 5.24. The Balaban J connectivity index is 2.34. The summed E-state index contributed by atoms with van der Waals surface area (Å²) in [4.78, 5) is 0. The smallest absolute Gasteiger partial charge is 0.00642 e. The first kappa shape index (κ1) is 13.0. The third-order valence-electron chi connectivity index (χ3n) is 4.17. The van der Waals surface area contributed by atoms with E-state index in [2.05, 4.69) is 26.2 Å². The lowest BCUT2D eigenvalue weighted by atomic mass is 9.75. The third-order valence-corrected chi connectivity index (χ3v) is 4.17. The zero-order chi connectivity index (χ0) is 11.1. The lowest BCUT2D eigenvalue weighted by Crippen LogP contribution is -2.32. The maximum absolute atomic E-state index is 3.43. The van der Waals surface area contributed by atoms with Crippen molar-refractivity contribution in [3.63, 3.8) is 0 Å². The van der Waals surface area contributed by atoms with E-state index in [0.717, 1.165) is 17.9 Å². The maximum Gasteiger partial charge on any atom is 0.00642 e. The van der Waals surface area contributed by atoms with Gasteiger partial charge in [-0.25, -0.2) is 0 Å². The van der Waals surface area contributed by atoms with Gasteiger partial charge in [-0.15, -0.1) is 0 Å². The molecule has 0 unspecified atom stereocenters. The van der Waals surface area contributed by atoms with Crippen LogP contribution < -0.4 is 5.32 Å². The van der Waals surface area contributed by atoms with Crippen molar-refractivity contribution < 1.29 is 0 Å². The van der Waals surface area contributed by atoms with Gasteiger partial charge < -0.3 is 5.32 Å². The van der Waals surface area contributed by atoms with E-state index in [9.17, 15) is 0 Å². The molecule has 1 nitrogen and oxygen atoms in total. The summed E-state index contributed by atoms with van der Waals surface area (Å²) in [6.45, 7) is 4.67. The van der Waals surface area contributed by atoms with Crippen LogP contribution in [0.3, 0.4) is 0 Å². The Morgan fingerprint density at radius 3 is 1.93 bits per heavy atom. The Kier molecular flexibility index (Phi) is 6.31. The van der Waals surface area contributed by atoms with Gasteiger partial charge in [0.25, 0.3) is 0 Å². The summed E-state index contributed by atoms with van der Waals surface area (Å²) in [7, 11) is 2.11. The van der Waals surface area contributed by atoms with Crippen molar-refractivity contribution >= 4 is 0 Å². The van der Waals surface area contributed by atoms with Crippen LogP contribution in [0.15, 0.2) is 0 Å². The van der Waals surface area contributed by atoms with Crippen LogP contribution in [0.5, 0.6) is 0 Å². The highest BCUT2D eigenvalue weighted by molar-refractivity contribution is 4.80. The Hall–Kier alpha value is -0.0400. The number of hydrogen-bond acceptors (Lipinski definition) is 1. The van der Waals surface area contributed by atoms with Gasteiger partial charge in [0.15, 0.2) is 0 Å². The summed E-state index contributed by atoms with van der Waals surface area (Å²) in [5, 5.41) is 3.43. The summed E-state index contributed by atoms with van der Waals surface area (Å²) < 4.78 is 0. The largest absolute Gasteiger partial charge is 0.317 e. The summed E-state index contributed by atoms with van der Waals surface area (Å²) in [6.07, 6.45) is 11.4. The van der Waals surface area contributed by atoms with E-state index < -0.39 is 0 Å². The summed E-state index contributed by atoms with van der Waals surface area (Å²) in [5.41, 5.74) is 0. The molecule has 0 bridgehead atoms. The van der Waals surface area contributed by atoms with Gasteiger partial charge >= 0.3 is 0 Å². The fraction of sp³-hybridized carbons (Fsp3) is 1.00. The van der Waals surface area contributed by atoms with E-state index in [0.29, 0.717) is 0 Å². The minimum atomic E-state index is 0.810. The molecule has 1 rings (SSSR count). The zero-order valence-electron chi connectivity index (χ0n) is 10.9. The highest BCUT2D eigenvalue weighted by atomic mass is 14.9. The molecule has 1 saturated carbocycles. The SMILES string of the molecule is CCCC(CCC)C1CCC(NC)CC1. The zero-order valence-corrected chi connectivity index (χ0v) is 10.9. The molecule has 90 valence electrons. The first-order chi connectivity index (χ1) is 7.31. The molecule has 0 saturated heterocycles. The van der Waals surface area contributed by atoms with Crippen LogP contribution in [0.2, 0.25) is 0 Å². The molecule has 1 fully saturated rings. The lowest BCUT2D eigenvalue weighted by molar-refractivity contribution is 0.200.